The van der Waals surface area contributed by atoms with Gasteiger partial charge in [0.25, 0.3) is 0 Å². The Morgan fingerprint density at radius 3 is 2.62 bits per heavy atom. The van der Waals surface area contributed by atoms with Crippen molar-refractivity contribution in [3.8, 4) is 0 Å². The third kappa shape index (κ3) is 3.02. The van der Waals surface area contributed by atoms with Crippen LogP contribution in [0.25, 0.3) is 0 Å². The summed E-state index contributed by atoms with van der Waals surface area (Å²) >= 11 is 1.82. The van der Waals surface area contributed by atoms with Crippen molar-refractivity contribution in [1.29, 1.82) is 0 Å². The summed E-state index contributed by atoms with van der Waals surface area (Å²) in [5.41, 5.74) is 0.744. The van der Waals surface area contributed by atoms with Crippen molar-refractivity contribution in [3.05, 3.63) is 17.1 Å². The molecule has 2 atom stereocenters. The predicted molar refractivity (Wildman–Crippen MR) is 86.2 cm³/mol. The smallest absolute Gasteiger partial charge is 0.247 e. The summed E-state index contributed by atoms with van der Waals surface area (Å²) in [5, 5.41) is 3.33. The van der Waals surface area contributed by atoms with Crippen molar-refractivity contribution in [2.24, 2.45) is 0 Å². The van der Waals surface area contributed by atoms with E-state index in [1.54, 1.807) is 18.3 Å². The molecule has 1 saturated heterocycles. The highest BCUT2D eigenvalue weighted by atomic mass is 32.2. The summed E-state index contributed by atoms with van der Waals surface area (Å²) < 4.78 is 33.4. The number of aryl methyl sites for hydroxylation is 2. The molecule has 0 radical (unpaired) electrons. The Hall–Kier alpha value is -0.500. The lowest BCUT2D eigenvalue weighted by molar-refractivity contribution is 0.339. The fraction of sp³-hybridized carbons (Fsp3) is 0.714. The molecule has 2 unspecified atom stereocenters. The second-order valence-electron chi connectivity index (χ2n) is 5.48. The van der Waals surface area contributed by atoms with Crippen LogP contribution in [-0.4, -0.2) is 43.4 Å². The van der Waals surface area contributed by atoms with Crippen molar-refractivity contribution < 1.29 is 12.8 Å². The number of nitrogens with one attached hydrogen (secondary N) is 1. The van der Waals surface area contributed by atoms with Gasteiger partial charge < -0.3 is 9.73 Å². The number of nitrogens with zero attached hydrogens (tertiary/aromatic N) is 1. The number of rotatable bonds is 4. The molecule has 1 fully saturated rings. The summed E-state index contributed by atoms with van der Waals surface area (Å²) in [5.74, 6) is 1.99. The molecule has 1 N–H and O–H groups in total. The second kappa shape index (κ2) is 6.32. The highest BCUT2D eigenvalue weighted by Crippen LogP contribution is 2.34. The molecule has 0 amide bonds. The molecule has 1 aliphatic heterocycles. The lowest BCUT2D eigenvalue weighted by Crippen LogP contribution is -2.48. The van der Waals surface area contributed by atoms with Crippen LogP contribution in [0.3, 0.4) is 0 Å². The Morgan fingerprint density at radius 2 is 2.00 bits per heavy atom. The normalized spacial score (nSPS) is 24.4. The van der Waals surface area contributed by atoms with Crippen LogP contribution in [0.4, 0.5) is 0 Å². The van der Waals surface area contributed by atoms with Gasteiger partial charge in [0.15, 0.2) is 0 Å². The first-order chi connectivity index (χ1) is 9.80. The van der Waals surface area contributed by atoms with E-state index in [2.05, 4.69) is 12.2 Å². The van der Waals surface area contributed by atoms with Crippen molar-refractivity contribution >= 4 is 21.8 Å². The van der Waals surface area contributed by atoms with Crippen molar-refractivity contribution in [1.82, 2.24) is 9.62 Å². The largest absolute Gasteiger partial charge is 0.465 e. The number of thioether (sulfide) groups is 1. The molecular weight excluding hydrogens is 308 g/mol. The van der Waals surface area contributed by atoms with Gasteiger partial charge in [-0.25, -0.2) is 8.42 Å². The van der Waals surface area contributed by atoms with Crippen molar-refractivity contribution in [2.45, 2.75) is 50.4 Å². The Bertz CT molecular complexity index is 610. The van der Waals surface area contributed by atoms with E-state index >= 15 is 0 Å². The third-order valence-corrected chi connectivity index (χ3v) is 7.59. The van der Waals surface area contributed by atoms with E-state index in [0.29, 0.717) is 34.8 Å². The first-order valence-electron chi connectivity index (χ1n) is 7.17. The van der Waals surface area contributed by atoms with E-state index in [4.69, 9.17) is 4.42 Å². The topological polar surface area (TPSA) is 62.6 Å². The number of hydrogen-bond acceptors (Lipinski definition) is 5. The van der Waals surface area contributed by atoms with Crippen LogP contribution in [0.1, 0.15) is 30.9 Å². The Labute approximate surface area is 131 Å². The van der Waals surface area contributed by atoms with Gasteiger partial charge in [-0.2, -0.15) is 16.1 Å². The van der Waals surface area contributed by atoms with Crippen LogP contribution in [0.5, 0.6) is 0 Å². The van der Waals surface area contributed by atoms with Gasteiger partial charge in [0.05, 0.1) is 0 Å². The van der Waals surface area contributed by atoms with E-state index in [9.17, 15) is 8.42 Å². The molecule has 5 nitrogen and oxygen atoms in total. The summed E-state index contributed by atoms with van der Waals surface area (Å²) in [6.07, 6.45) is 0. The molecule has 1 aliphatic rings. The summed E-state index contributed by atoms with van der Waals surface area (Å²) in [4.78, 5) is 0.348. The van der Waals surface area contributed by atoms with Gasteiger partial charge in [-0.15, -0.1) is 0 Å². The van der Waals surface area contributed by atoms with Crippen molar-refractivity contribution in [2.75, 3.05) is 19.3 Å². The van der Waals surface area contributed by atoms with Crippen LogP contribution in [0.2, 0.25) is 0 Å². The van der Waals surface area contributed by atoms with Gasteiger partial charge in [-0.1, -0.05) is 6.92 Å². The molecule has 1 aromatic rings. The average molecular weight is 332 g/mol. The maximum absolute atomic E-state index is 13.1. The van der Waals surface area contributed by atoms with Gasteiger partial charge >= 0.3 is 0 Å². The molecule has 2 rings (SSSR count). The predicted octanol–water partition coefficient (Wildman–Crippen LogP) is 2.13. The Kier molecular flexibility index (Phi) is 5.07. The first kappa shape index (κ1) is 16.9. The minimum absolute atomic E-state index is 0.00853. The summed E-state index contributed by atoms with van der Waals surface area (Å²) in [7, 11) is -1.71. The SMILES string of the molecule is CNCc1c(C)oc(C)c1S(=O)(=O)N1CCSC(C)C1C. The standard InChI is InChI=1S/C14H24N2O3S2/c1-9-12(4)20-7-6-16(9)21(17,18)14-11(3)19-10(2)13(14)8-15-5/h9,12,15H,6-8H2,1-5H3. The molecule has 1 aromatic heterocycles. The molecule has 21 heavy (non-hydrogen) atoms. The monoisotopic (exact) mass is 332 g/mol. The van der Waals surface area contributed by atoms with Gasteiger partial charge in [0.2, 0.25) is 10.0 Å². The van der Waals surface area contributed by atoms with Crippen LogP contribution >= 0.6 is 11.8 Å². The molecule has 0 aliphatic carbocycles. The fourth-order valence-electron chi connectivity index (χ4n) is 2.79. The van der Waals surface area contributed by atoms with Gasteiger partial charge in [0, 0.05) is 35.7 Å². The second-order valence-corrected chi connectivity index (χ2v) is 8.80. The molecule has 2 heterocycles. The van der Waals surface area contributed by atoms with Gasteiger partial charge in [-0.05, 0) is 27.8 Å². The number of hydrogen-bond donors (Lipinski definition) is 1. The summed E-state index contributed by atoms with van der Waals surface area (Å²) in [6.45, 7) is 8.65. The van der Waals surface area contributed by atoms with Gasteiger partial charge in [-0.3, -0.25) is 0 Å². The zero-order valence-electron chi connectivity index (χ0n) is 13.3. The lowest BCUT2D eigenvalue weighted by Gasteiger charge is -2.36. The highest BCUT2D eigenvalue weighted by molar-refractivity contribution is 8.00. The lowest BCUT2D eigenvalue weighted by atomic mass is 10.2. The quantitative estimate of drug-likeness (QED) is 0.915. The van der Waals surface area contributed by atoms with E-state index in [1.807, 2.05) is 25.6 Å². The molecule has 0 spiro atoms. The highest BCUT2D eigenvalue weighted by Gasteiger charge is 2.38. The van der Waals surface area contributed by atoms with Crippen molar-refractivity contribution in [3.63, 3.8) is 0 Å². The molecule has 0 saturated carbocycles. The van der Waals surface area contributed by atoms with E-state index in [-0.39, 0.29) is 6.04 Å². The van der Waals surface area contributed by atoms with Crippen LogP contribution in [0.15, 0.2) is 9.31 Å². The van der Waals surface area contributed by atoms with Gasteiger partial charge in [0.1, 0.15) is 16.4 Å². The molecule has 7 heteroatoms. The maximum atomic E-state index is 13.1. The Morgan fingerprint density at radius 1 is 1.33 bits per heavy atom. The molecular formula is C14H24N2O3S2. The van der Waals surface area contributed by atoms with Crippen LogP contribution in [0, 0.1) is 13.8 Å². The van der Waals surface area contributed by atoms with Crippen LogP contribution < -0.4 is 5.32 Å². The van der Waals surface area contributed by atoms with Crippen LogP contribution in [-0.2, 0) is 16.6 Å². The van der Waals surface area contributed by atoms with E-state index in [1.165, 1.54) is 0 Å². The third-order valence-electron chi connectivity index (χ3n) is 4.07. The fourth-order valence-corrected chi connectivity index (χ4v) is 6.20. The zero-order chi connectivity index (χ0) is 15.8. The maximum Gasteiger partial charge on any atom is 0.247 e. The minimum Gasteiger partial charge on any atom is -0.465 e. The number of sulfonamides is 1. The summed E-state index contributed by atoms with van der Waals surface area (Å²) in [6, 6.07) is -0.00853. The molecule has 120 valence electrons. The number of furan rings is 1. The molecule has 0 bridgehead atoms. The van der Waals surface area contributed by atoms with E-state index < -0.39 is 10.0 Å². The molecule has 0 aromatic carbocycles. The first-order valence-corrected chi connectivity index (χ1v) is 9.66. The zero-order valence-corrected chi connectivity index (χ0v) is 14.9. The van der Waals surface area contributed by atoms with E-state index in [0.717, 1.165) is 11.3 Å². The average Bonchev–Trinajstić information content (AvgIpc) is 2.68. The Balaban J connectivity index is 2.49. The minimum atomic E-state index is -3.52.